The molecular formula is C16H13BrF4N2O2. The van der Waals surface area contributed by atoms with Crippen molar-refractivity contribution in [1.82, 2.24) is 10.3 Å². The van der Waals surface area contributed by atoms with E-state index < -0.39 is 23.8 Å². The van der Waals surface area contributed by atoms with Gasteiger partial charge in [-0.3, -0.25) is 9.78 Å². The molecule has 2 aromatic rings. The third-order valence-corrected chi connectivity index (χ3v) is 3.66. The lowest BCUT2D eigenvalue weighted by Crippen LogP contribution is -2.27. The lowest BCUT2D eigenvalue weighted by atomic mass is 10.1. The van der Waals surface area contributed by atoms with Crippen LogP contribution < -0.4 is 10.1 Å². The zero-order valence-electron chi connectivity index (χ0n) is 13.0. The number of alkyl halides is 3. The molecule has 0 spiro atoms. The molecular weight excluding hydrogens is 408 g/mol. The van der Waals surface area contributed by atoms with Crippen molar-refractivity contribution in [2.75, 3.05) is 6.54 Å². The second kappa shape index (κ2) is 7.81. The summed E-state index contributed by atoms with van der Waals surface area (Å²) in [6.45, 7) is 1.70. The third kappa shape index (κ3) is 5.70. The molecule has 0 fully saturated rings. The summed E-state index contributed by atoms with van der Waals surface area (Å²) in [6, 6.07) is 4.33. The van der Waals surface area contributed by atoms with Crippen LogP contribution in [0.25, 0.3) is 0 Å². The van der Waals surface area contributed by atoms with E-state index in [1.165, 1.54) is 0 Å². The molecule has 0 bridgehead atoms. The molecule has 0 saturated heterocycles. The molecule has 2 rings (SSSR count). The van der Waals surface area contributed by atoms with E-state index in [1.54, 1.807) is 19.2 Å². The minimum absolute atomic E-state index is 0.00568. The van der Waals surface area contributed by atoms with Gasteiger partial charge in [0, 0.05) is 17.2 Å². The molecule has 0 aliphatic heterocycles. The van der Waals surface area contributed by atoms with Crippen molar-refractivity contribution in [2.24, 2.45) is 0 Å². The Balaban J connectivity index is 2.00. The Hall–Kier alpha value is -2.16. The highest BCUT2D eigenvalue weighted by Gasteiger charge is 2.31. The summed E-state index contributed by atoms with van der Waals surface area (Å²) < 4.78 is 54.7. The Labute approximate surface area is 149 Å². The van der Waals surface area contributed by atoms with Crippen molar-refractivity contribution in [3.8, 4) is 5.75 Å². The molecule has 0 aliphatic carbocycles. The number of pyridine rings is 1. The second-order valence-corrected chi connectivity index (χ2v) is 6.01. The van der Waals surface area contributed by atoms with Crippen LogP contribution in [0.15, 0.2) is 34.9 Å². The van der Waals surface area contributed by atoms with Gasteiger partial charge in [0.25, 0.3) is 5.91 Å². The fourth-order valence-corrected chi connectivity index (χ4v) is 2.41. The summed E-state index contributed by atoms with van der Waals surface area (Å²) in [4.78, 5) is 16.1. The molecule has 1 aromatic heterocycles. The van der Waals surface area contributed by atoms with Crippen molar-refractivity contribution in [3.05, 3.63) is 57.6 Å². The first kappa shape index (κ1) is 19.2. The summed E-state index contributed by atoms with van der Waals surface area (Å²) in [6.07, 6.45) is -3.30. The van der Waals surface area contributed by atoms with Crippen LogP contribution >= 0.6 is 15.9 Å². The molecule has 134 valence electrons. The number of halogens is 5. The lowest BCUT2D eigenvalue weighted by Gasteiger charge is -2.11. The largest absolute Gasteiger partial charge is 0.573 e. The molecule has 0 saturated carbocycles. The number of carbonyl (C=O) groups is 1. The van der Waals surface area contributed by atoms with Crippen LogP contribution in [0.4, 0.5) is 17.6 Å². The highest BCUT2D eigenvalue weighted by Crippen LogP contribution is 2.24. The lowest BCUT2D eigenvalue weighted by molar-refractivity contribution is -0.274. The highest BCUT2D eigenvalue weighted by atomic mass is 79.9. The van der Waals surface area contributed by atoms with Crippen molar-refractivity contribution in [2.45, 2.75) is 19.7 Å². The zero-order valence-corrected chi connectivity index (χ0v) is 14.5. The number of ether oxygens (including phenoxy) is 1. The van der Waals surface area contributed by atoms with Crippen LogP contribution in [-0.4, -0.2) is 23.8 Å². The van der Waals surface area contributed by atoms with Gasteiger partial charge in [0.1, 0.15) is 11.6 Å². The Bertz CT molecular complexity index is 781. The molecule has 0 atom stereocenters. The molecule has 0 aliphatic rings. The number of nitrogens with zero attached hydrogens (tertiary/aromatic N) is 1. The maximum atomic E-state index is 13.7. The SMILES string of the molecule is Cc1ncc(Br)cc1C(=O)NCCc1cc(OC(F)(F)F)ccc1F. The van der Waals surface area contributed by atoms with Gasteiger partial charge in [-0.1, -0.05) is 0 Å². The van der Waals surface area contributed by atoms with Crippen molar-refractivity contribution in [1.29, 1.82) is 0 Å². The molecule has 4 nitrogen and oxygen atoms in total. The van der Waals surface area contributed by atoms with Gasteiger partial charge in [-0.05, 0) is 59.1 Å². The van der Waals surface area contributed by atoms with Crippen LogP contribution in [0.3, 0.4) is 0 Å². The number of carbonyl (C=O) groups excluding carboxylic acids is 1. The molecule has 9 heteroatoms. The predicted molar refractivity (Wildman–Crippen MR) is 85.8 cm³/mol. The van der Waals surface area contributed by atoms with E-state index in [-0.39, 0.29) is 18.5 Å². The van der Waals surface area contributed by atoms with Gasteiger partial charge in [0.2, 0.25) is 0 Å². The number of rotatable bonds is 5. The number of hydrogen-bond donors (Lipinski definition) is 1. The third-order valence-electron chi connectivity index (χ3n) is 3.23. The number of hydrogen-bond acceptors (Lipinski definition) is 3. The van der Waals surface area contributed by atoms with Gasteiger partial charge in [0.15, 0.2) is 0 Å². The summed E-state index contributed by atoms with van der Waals surface area (Å²) in [7, 11) is 0. The van der Waals surface area contributed by atoms with Gasteiger partial charge >= 0.3 is 6.36 Å². The van der Waals surface area contributed by atoms with E-state index in [1.807, 2.05) is 0 Å². The minimum Gasteiger partial charge on any atom is -0.406 e. The maximum Gasteiger partial charge on any atom is 0.573 e. The van der Waals surface area contributed by atoms with Crippen LogP contribution in [-0.2, 0) is 6.42 Å². The number of amides is 1. The average molecular weight is 421 g/mol. The standard InChI is InChI=1S/C16H13BrF4N2O2/c1-9-13(7-11(17)8-23-9)15(24)22-5-4-10-6-12(2-3-14(10)18)25-16(19,20)21/h2-3,6-8H,4-5H2,1H3,(H,22,24). The van der Waals surface area contributed by atoms with Gasteiger partial charge in [0.05, 0.1) is 11.3 Å². The van der Waals surface area contributed by atoms with E-state index in [2.05, 4.69) is 31.0 Å². The van der Waals surface area contributed by atoms with Gasteiger partial charge in [-0.2, -0.15) is 0 Å². The van der Waals surface area contributed by atoms with Crippen molar-refractivity contribution < 1.29 is 27.1 Å². The van der Waals surface area contributed by atoms with E-state index in [9.17, 15) is 22.4 Å². The Morgan fingerprint density at radius 1 is 1.32 bits per heavy atom. The number of benzene rings is 1. The number of nitrogens with one attached hydrogen (secondary N) is 1. The molecule has 1 heterocycles. The van der Waals surface area contributed by atoms with Crippen LogP contribution in [0.1, 0.15) is 21.6 Å². The van der Waals surface area contributed by atoms with E-state index in [0.29, 0.717) is 15.7 Å². The topological polar surface area (TPSA) is 51.2 Å². The fourth-order valence-electron chi connectivity index (χ4n) is 2.08. The van der Waals surface area contributed by atoms with Gasteiger partial charge < -0.3 is 10.1 Å². The molecule has 1 N–H and O–H groups in total. The molecule has 0 radical (unpaired) electrons. The molecule has 0 unspecified atom stereocenters. The number of aromatic nitrogens is 1. The summed E-state index contributed by atoms with van der Waals surface area (Å²) in [5, 5.41) is 2.58. The van der Waals surface area contributed by atoms with E-state index in [4.69, 9.17) is 0 Å². The maximum absolute atomic E-state index is 13.7. The summed E-state index contributed by atoms with van der Waals surface area (Å²) in [5.74, 6) is -1.60. The molecule has 25 heavy (non-hydrogen) atoms. The average Bonchev–Trinajstić information content (AvgIpc) is 2.51. The van der Waals surface area contributed by atoms with E-state index >= 15 is 0 Å². The van der Waals surface area contributed by atoms with Gasteiger partial charge in [-0.25, -0.2) is 4.39 Å². The number of aryl methyl sites for hydroxylation is 1. The van der Waals surface area contributed by atoms with Crippen molar-refractivity contribution >= 4 is 21.8 Å². The fraction of sp³-hybridized carbons (Fsp3) is 0.250. The minimum atomic E-state index is -4.85. The van der Waals surface area contributed by atoms with E-state index in [0.717, 1.165) is 18.2 Å². The first-order valence-electron chi connectivity index (χ1n) is 7.10. The Morgan fingerprint density at radius 2 is 2.04 bits per heavy atom. The summed E-state index contributed by atoms with van der Waals surface area (Å²) >= 11 is 3.21. The molecule has 1 aromatic carbocycles. The highest BCUT2D eigenvalue weighted by molar-refractivity contribution is 9.10. The monoisotopic (exact) mass is 420 g/mol. The summed E-state index contributed by atoms with van der Waals surface area (Å²) in [5.41, 5.74) is 0.877. The van der Waals surface area contributed by atoms with Crippen LogP contribution in [0.5, 0.6) is 5.75 Å². The van der Waals surface area contributed by atoms with Crippen LogP contribution in [0.2, 0.25) is 0 Å². The van der Waals surface area contributed by atoms with Crippen LogP contribution in [0, 0.1) is 12.7 Å². The van der Waals surface area contributed by atoms with Crippen molar-refractivity contribution in [3.63, 3.8) is 0 Å². The smallest absolute Gasteiger partial charge is 0.406 e. The quantitative estimate of drug-likeness (QED) is 0.738. The predicted octanol–water partition coefficient (Wildman–Crippen LogP) is 4.16. The first-order valence-corrected chi connectivity index (χ1v) is 7.89. The Morgan fingerprint density at radius 3 is 2.72 bits per heavy atom. The first-order chi connectivity index (χ1) is 11.7. The second-order valence-electron chi connectivity index (χ2n) is 5.09. The van der Waals surface area contributed by atoms with Gasteiger partial charge in [-0.15, -0.1) is 13.2 Å². The zero-order chi connectivity index (χ0) is 18.6. The normalized spacial score (nSPS) is 11.3. The Kier molecular flexibility index (Phi) is 5.99. The molecule has 1 amide bonds.